The van der Waals surface area contributed by atoms with Crippen molar-refractivity contribution >= 4 is 27.8 Å². The zero-order chi connectivity index (χ0) is 16.8. The summed E-state index contributed by atoms with van der Waals surface area (Å²) in [7, 11) is 0. The number of carbonyl (C=O) groups is 2. The van der Waals surface area contributed by atoms with E-state index in [1.807, 2.05) is 44.2 Å². The van der Waals surface area contributed by atoms with Crippen molar-refractivity contribution in [2.45, 2.75) is 20.4 Å². The van der Waals surface area contributed by atoms with Crippen LogP contribution in [0.25, 0.3) is 0 Å². The minimum Gasteiger partial charge on any atom is -0.452 e. The van der Waals surface area contributed by atoms with Crippen LogP contribution < -0.4 is 5.32 Å². The summed E-state index contributed by atoms with van der Waals surface area (Å²) in [6, 6.07) is 12.9. The third kappa shape index (κ3) is 4.93. The molecule has 0 fully saturated rings. The molecule has 0 saturated carbocycles. The number of aryl methyl sites for hydroxylation is 2. The normalized spacial score (nSPS) is 10.2. The summed E-state index contributed by atoms with van der Waals surface area (Å²) >= 11 is 3.42. The van der Waals surface area contributed by atoms with Crippen LogP contribution in [0, 0.1) is 13.8 Å². The first-order valence-corrected chi connectivity index (χ1v) is 8.01. The van der Waals surface area contributed by atoms with E-state index in [2.05, 4.69) is 21.2 Å². The third-order valence-electron chi connectivity index (χ3n) is 3.51. The van der Waals surface area contributed by atoms with Gasteiger partial charge in [0.2, 0.25) is 0 Å². The minimum atomic E-state index is -0.496. The van der Waals surface area contributed by atoms with Gasteiger partial charge in [-0.15, -0.1) is 0 Å². The molecular formula is C18H18BrNO3. The van der Waals surface area contributed by atoms with Crippen molar-refractivity contribution in [2.24, 2.45) is 0 Å². The zero-order valence-corrected chi connectivity index (χ0v) is 14.6. The van der Waals surface area contributed by atoms with E-state index in [-0.39, 0.29) is 12.5 Å². The lowest BCUT2D eigenvalue weighted by Crippen LogP contribution is -2.28. The number of halogens is 1. The highest BCUT2D eigenvalue weighted by molar-refractivity contribution is 9.10. The smallest absolute Gasteiger partial charge is 0.338 e. The molecule has 0 atom stereocenters. The van der Waals surface area contributed by atoms with E-state index in [4.69, 9.17) is 4.74 Å². The molecule has 0 aliphatic carbocycles. The Bertz CT molecular complexity index is 728. The number of amides is 1. The number of carbonyl (C=O) groups excluding carboxylic acids is 2. The molecule has 0 unspecified atom stereocenters. The van der Waals surface area contributed by atoms with E-state index < -0.39 is 5.97 Å². The van der Waals surface area contributed by atoms with Crippen molar-refractivity contribution in [3.63, 3.8) is 0 Å². The van der Waals surface area contributed by atoms with Gasteiger partial charge in [0.25, 0.3) is 5.91 Å². The quantitative estimate of drug-likeness (QED) is 0.813. The van der Waals surface area contributed by atoms with Gasteiger partial charge in [0, 0.05) is 11.0 Å². The second-order valence-corrected chi connectivity index (χ2v) is 6.10. The van der Waals surface area contributed by atoms with Crippen molar-refractivity contribution in [2.75, 3.05) is 6.61 Å². The predicted octanol–water partition coefficient (Wildman–Crippen LogP) is 3.54. The van der Waals surface area contributed by atoms with E-state index >= 15 is 0 Å². The first kappa shape index (κ1) is 17.2. The molecule has 4 nitrogen and oxygen atoms in total. The first-order valence-electron chi connectivity index (χ1n) is 7.22. The molecule has 120 valence electrons. The van der Waals surface area contributed by atoms with Crippen molar-refractivity contribution in [3.8, 4) is 0 Å². The summed E-state index contributed by atoms with van der Waals surface area (Å²) in [6.07, 6.45) is 0. The molecule has 0 saturated heterocycles. The van der Waals surface area contributed by atoms with Crippen LogP contribution in [-0.4, -0.2) is 18.5 Å². The van der Waals surface area contributed by atoms with Crippen LogP contribution >= 0.6 is 15.9 Å². The van der Waals surface area contributed by atoms with Gasteiger partial charge in [-0.05, 0) is 48.7 Å². The fraction of sp³-hybridized carbons (Fsp3) is 0.222. The number of hydrogen-bond donors (Lipinski definition) is 1. The molecule has 2 aromatic rings. The van der Waals surface area contributed by atoms with Gasteiger partial charge in [0.15, 0.2) is 6.61 Å². The molecule has 5 heteroatoms. The topological polar surface area (TPSA) is 55.4 Å². The molecule has 23 heavy (non-hydrogen) atoms. The minimum absolute atomic E-state index is 0.295. The molecule has 2 rings (SSSR count). The van der Waals surface area contributed by atoms with Gasteiger partial charge in [-0.1, -0.05) is 40.2 Å². The van der Waals surface area contributed by atoms with E-state index in [0.29, 0.717) is 12.1 Å². The molecule has 0 aliphatic rings. The number of nitrogens with one attached hydrogen (secondary N) is 1. The van der Waals surface area contributed by atoms with Crippen molar-refractivity contribution in [1.82, 2.24) is 5.32 Å². The Morgan fingerprint density at radius 3 is 2.52 bits per heavy atom. The van der Waals surface area contributed by atoms with Crippen LogP contribution in [-0.2, 0) is 16.1 Å². The summed E-state index contributed by atoms with van der Waals surface area (Å²) in [5.41, 5.74) is 3.53. The van der Waals surface area contributed by atoms with E-state index in [1.165, 1.54) is 0 Å². The molecule has 0 heterocycles. The first-order chi connectivity index (χ1) is 11.0. The fourth-order valence-corrected chi connectivity index (χ4v) is 2.39. The highest BCUT2D eigenvalue weighted by Gasteiger charge is 2.11. The molecule has 0 spiro atoms. The molecule has 0 aromatic heterocycles. The average molecular weight is 376 g/mol. The standard InChI is InChI=1S/C18H18BrNO3/c1-12-7-8-14(9-13(12)2)18(22)23-11-17(21)20-10-15-5-3-4-6-16(15)19/h3-9H,10-11H2,1-2H3,(H,20,21). The Balaban J connectivity index is 1.83. The van der Waals surface area contributed by atoms with Crippen LogP contribution in [0.5, 0.6) is 0 Å². The van der Waals surface area contributed by atoms with E-state index in [1.54, 1.807) is 12.1 Å². The lowest BCUT2D eigenvalue weighted by molar-refractivity contribution is -0.124. The van der Waals surface area contributed by atoms with Gasteiger partial charge in [0.05, 0.1) is 5.56 Å². The molecule has 0 bridgehead atoms. The van der Waals surface area contributed by atoms with Crippen LogP contribution in [0.15, 0.2) is 46.9 Å². The number of rotatable bonds is 5. The summed E-state index contributed by atoms with van der Waals surface area (Å²) < 4.78 is 5.96. The predicted molar refractivity (Wildman–Crippen MR) is 92.2 cm³/mol. The molecule has 0 radical (unpaired) electrons. The van der Waals surface area contributed by atoms with Crippen molar-refractivity contribution in [1.29, 1.82) is 0 Å². The fourth-order valence-electron chi connectivity index (χ4n) is 1.97. The van der Waals surface area contributed by atoms with Gasteiger partial charge in [-0.2, -0.15) is 0 Å². The van der Waals surface area contributed by atoms with Gasteiger partial charge >= 0.3 is 5.97 Å². The zero-order valence-electron chi connectivity index (χ0n) is 13.1. The summed E-state index contributed by atoms with van der Waals surface area (Å²) in [5, 5.41) is 2.72. The third-order valence-corrected chi connectivity index (χ3v) is 4.28. The highest BCUT2D eigenvalue weighted by atomic mass is 79.9. The summed E-state index contributed by atoms with van der Waals surface area (Å²) in [4.78, 5) is 23.7. The molecule has 0 aliphatic heterocycles. The largest absolute Gasteiger partial charge is 0.452 e. The monoisotopic (exact) mass is 375 g/mol. The second kappa shape index (κ2) is 7.92. The maximum absolute atomic E-state index is 11.9. The lowest BCUT2D eigenvalue weighted by Gasteiger charge is -2.08. The van der Waals surface area contributed by atoms with Gasteiger partial charge in [0.1, 0.15) is 0 Å². The van der Waals surface area contributed by atoms with Gasteiger partial charge in [-0.3, -0.25) is 4.79 Å². The summed E-state index contributed by atoms with van der Waals surface area (Å²) in [5.74, 6) is -0.831. The Kier molecular flexibility index (Phi) is 5.93. The number of esters is 1. The van der Waals surface area contributed by atoms with E-state index in [0.717, 1.165) is 21.2 Å². The van der Waals surface area contributed by atoms with Crippen LogP contribution in [0.4, 0.5) is 0 Å². The van der Waals surface area contributed by atoms with Gasteiger partial charge < -0.3 is 10.1 Å². The molecule has 1 N–H and O–H groups in total. The van der Waals surface area contributed by atoms with Gasteiger partial charge in [-0.25, -0.2) is 4.79 Å². The van der Waals surface area contributed by atoms with Crippen molar-refractivity contribution in [3.05, 3.63) is 69.2 Å². The van der Waals surface area contributed by atoms with Crippen LogP contribution in [0.1, 0.15) is 27.0 Å². The Morgan fingerprint density at radius 2 is 1.83 bits per heavy atom. The SMILES string of the molecule is Cc1ccc(C(=O)OCC(=O)NCc2ccccc2Br)cc1C. The maximum atomic E-state index is 11.9. The highest BCUT2D eigenvalue weighted by Crippen LogP contribution is 2.15. The Morgan fingerprint density at radius 1 is 1.09 bits per heavy atom. The number of hydrogen-bond acceptors (Lipinski definition) is 3. The average Bonchev–Trinajstić information content (AvgIpc) is 2.54. The van der Waals surface area contributed by atoms with E-state index in [9.17, 15) is 9.59 Å². The maximum Gasteiger partial charge on any atom is 0.338 e. The molecule has 1 amide bonds. The summed E-state index contributed by atoms with van der Waals surface area (Å²) in [6.45, 7) is 3.98. The van der Waals surface area contributed by atoms with Crippen LogP contribution in [0.3, 0.4) is 0 Å². The van der Waals surface area contributed by atoms with Crippen LogP contribution in [0.2, 0.25) is 0 Å². The number of ether oxygens (including phenoxy) is 1. The molecule has 2 aromatic carbocycles. The Hall–Kier alpha value is -2.14. The number of benzene rings is 2. The second-order valence-electron chi connectivity index (χ2n) is 5.24. The van der Waals surface area contributed by atoms with Crippen molar-refractivity contribution < 1.29 is 14.3 Å². The lowest BCUT2D eigenvalue weighted by atomic mass is 10.1. The Labute approximate surface area is 144 Å². The molecular weight excluding hydrogens is 358 g/mol.